The highest BCUT2D eigenvalue weighted by molar-refractivity contribution is 5.69. The van der Waals surface area contributed by atoms with Crippen LogP contribution in [-0.2, 0) is 14.3 Å². The molecule has 53 heavy (non-hydrogen) atoms. The van der Waals surface area contributed by atoms with E-state index in [2.05, 4.69) is 98.9 Å². The molecule has 1 unspecified atom stereocenters. The monoisotopic (exact) mass is 737 g/mol. The minimum Gasteiger partial charge on any atom is -0.457 e. The molecule has 0 rings (SSSR count). The predicted octanol–water partition coefficient (Wildman–Crippen LogP) is 14.8. The van der Waals surface area contributed by atoms with Crippen molar-refractivity contribution in [3.05, 3.63) is 85.1 Å². The van der Waals surface area contributed by atoms with E-state index in [9.17, 15) is 9.90 Å². The molecule has 0 saturated carbocycles. The standard InChI is InChI=1S/C49H84O4/c1-3-5-7-9-11-13-15-17-19-21-23-25-26-28-30-32-34-36-38-40-42-44-49(51)53-48(46-50)47-52-45-43-41-39-37-35-33-31-29-27-24-22-20-18-16-14-12-10-8-6-4-2/h5,7,11-14,17-20,23,25,28,30,48,50H,3-4,6,8-10,15-16,21-22,24,26-27,29,31-47H2,1-2H3/b7-5-,13-11-,14-12-,19-17-,20-18-,25-23-,30-28-. The van der Waals surface area contributed by atoms with E-state index in [0.717, 1.165) is 70.6 Å². The van der Waals surface area contributed by atoms with Gasteiger partial charge in [-0.05, 0) is 89.9 Å². The Kier molecular flexibility index (Phi) is 43.6. The third kappa shape index (κ3) is 43.9. The van der Waals surface area contributed by atoms with Crippen molar-refractivity contribution in [2.75, 3.05) is 19.8 Å². The molecule has 0 aliphatic heterocycles. The van der Waals surface area contributed by atoms with Crippen LogP contribution in [0.25, 0.3) is 0 Å². The summed E-state index contributed by atoms with van der Waals surface area (Å²) >= 11 is 0. The normalized spacial score (nSPS) is 13.2. The lowest BCUT2D eigenvalue weighted by Crippen LogP contribution is -2.27. The topological polar surface area (TPSA) is 55.8 Å². The molecule has 0 bridgehead atoms. The second kappa shape index (κ2) is 45.7. The zero-order valence-electron chi connectivity index (χ0n) is 34.8. The number of carbonyl (C=O) groups is 1. The van der Waals surface area contributed by atoms with E-state index in [4.69, 9.17) is 9.47 Å². The van der Waals surface area contributed by atoms with E-state index < -0.39 is 6.10 Å². The van der Waals surface area contributed by atoms with Crippen LogP contribution in [0.4, 0.5) is 0 Å². The minimum atomic E-state index is -0.552. The first-order chi connectivity index (χ1) is 26.2. The number of hydrogen-bond donors (Lipinski definition) is 1. The van der Waals surface area contributed by atoms with Gasteiger partial charge < -0.3 is 14.6 Å². The van der Waals surface area contributed by atoms with Crippen LogP contribution in [0.3, 0.4) is 0 Å². The summed E-state index contributed by atoms with van der Waals surface area (Å²) in [6, 6.07) is 0. The number of rotatable bonds is 40. The zero-order chi connectivity index (χ0) is 38.4. The first-order valence-electron chi connectivity index (χ1n) is 22.2. The fourth-order valence-corrected chi connectivity index (χ4v) is 5.91. The van der Waals surface area contributed by atoms with Crippen LogP contribution < -0.4 is 0 Å². The van der Waals surface area contributed by atoms with Gasteiger partial charge >= 0.3 is 5.97 Å². The van der Waals surface area contributed by atoms with Gasteiger partial charge in [-0.3, -0.25) is 4.79 Å². The Bertz CT molecular complexity index is 954. The first-order valence-corrected chi connectivity index (χ1v) is 22.2. The van der Waals surface area contributed by atoms with Gasteiger partial charge in [0.1, 0.15) is 6.10 Å². The van der Waals surface area contributed by atoms with Crippen LogP contribution in [0, 0.1) is 0 Å². The number of aliphatic hydroxyl groups excluding tert-OH is 1. The van der Waals surface area contributed by atoms with Crippen molar-refractivity contribution in [3.63, 3.8) is 0 Å². The van der Waals surface area contributed by atoms with Crippen molar-refractivity contribution in [1.29, 1.82) is 0 Å². The fraction of sp³-hybridized carbons (Fsp3) is 0.694. The lowest BCUT2D eigenvalue weighted by atomic mass is 10.1. The first kappa shape index (κ1) is 50.6. The molecule has 1 N–H and O–H groups in total. The van der Waals surface area contributed by atoms with Crippen LogP contribution in [-0.4, -0.2) is 37.0 Å². The summed E-state index contributed by atoms with van der Waals surface area (Å²) in [5, 5.41) is 9.62. The molecule has 1 atom stereocenters. The van der Waals surface area contributed by atoms with E-state index in [0.29, 0.717) is 13.0 Å². The van der Waals surface area contributed by atoms with Gasteiger partial charge in [-0.2, -0.15) is 0 Å². The average molecular weight is 737 g/mol. The van der Waals surface area contributed by atoms with Gasteiger partial charge in [-0.25, -0.2) is 0 Å². The highest BCUT2D eigenvalue weighted by Gasteiger charge is 2.13. The zero-order valence-corrected chi connectivity index (χ0v) is 34.8. The Morgan fingerprint density at radius 1 is 0.472 bits per heavy atom. The second-order valence-electron chi connectivity index (χ2n) is 14.4. The average Bonchev–Trinajstić information content (AvgIpc) is 3.16. The third-order valence-electron chi connectivity index (χ3n) is 9.20. The number of esters is 1. The fourth-order valence-electron chi connectivity index (χ4n) is 5.91. The Labute approximate surface area is 329 Å². The molecule has 0 aromatic carbocycles. The molecule has 0 aromatic rings. The van der Waals surface area contributed by atoms with Crippen LogP contribution >= 0.6 is 0 Å². The lowest BCUT2D eigenvalue weighted by molar-refractivity contribution is -0.154. The molecule has 0 amide bonds. The van der Waals surface area contributed by atoms with Crippen molar-refractivity contribution in [1.82, 2.24) is 0 Å². The summed E-state index contributed by atoms with van der Waals surface area (Å²) in [5.41, 5.74) is 0. The molecular weight excluding hydrogens is 653 g/mol. The molecule has 4 heteroatoms. The summed E-state index contributed by atoms with van der Waals surface area (Å²) in [7, 11) is 0. The highest BCUT2D eigenvalue weighted by Crippen LogP contribution is 2.13. The molecule has 0 spiro atoms. The smallest absolute Gasteiger partial charge is 0.306 e. The maximum absolute atomic E-state index is 12.2. The summed E-state index contributed by atoms with van der Waals surface area (Å²) < 4.78 is 11.2. The van der Waals surface area contributed by atoms with Crippen molar-refractivity contribution >= 4 is 5.97 Å². The van der Waals surface area contributed by atoms with Gasteiger partial charge in [0.15, 0.2) is 0 Å². The molecule has 0 saturated heterocycles. The predicted molar refractivity (Wildman–Crippen MR) is 232 cm³/mol. The van der Waals surface area contributed by atoms with Gasteiger partial charge in [-0.1, -0.05) is 182 Å². The SMILES string of the molecule is CC/C=C\C/C=C\C/C=C\C/C=C\C/C=C\CCCCCCCC(=O)OC(CO)COCCCCCCCCCCCC/C=C\C/C=C\CCCCC. The molecule has 0 heterocycles. The molecule has 4 nitrogen and oxygen atoms in total. The molecule has 304 valence electrons. The van der Waals surface area contributed by atoms with Gasteiger partial charge in [0.2, 0.25) is 0 Å². The maximum atomic E-state index is 12.2. The number of hydrogen-bond acceptors (Lipinski definition) is 4. The van der Waals surface area contributed by atoms with Crippen molar-refractivity contribution < 1.29 is 19.4 Å². The van der Waals surface area contributed by atoms with E-state index >= 15 is 0 Å². The molecule has 0 aliphatic carbocycles. The maximum Gasteiger partial charge on any atom is 0.306 e. The van der Waals surface area contributed by atoms with Crippen LogP contribution in [0.1, 0.15) is 194 Å². The van der Waals surface area contributed by atoms with Crippen molar-refractivity contribution in [2.45, 2.75) is 200 Å². The summed E-state index contributed by atoms with van der Waals surface area (Å²) in [6.45, 7) is 5.18. The van der Waals surface area contributed by atoms with Crippen LogP contribution in [0.5, 0.6) is 0 Å². The highest BCUT2D eigenvalue weighted by atomic mass is 16.6. The van der Waals surface area contributed by atoms with E-state index in [1.807, 2.05) is 0 Å². The summed E-state index contributed by atoms with van der Waals surface area (Å²) in [6.07, 6.45) is 63.5. The van der Waals surface area contributed by atoms with E-state index in [1.54, 1.807) is 0 Å². The van der Waals surface area contributed by atoms with Gasteiger partial charge in [0.25, 0.3) is 0 Å². The molecule has 0 radical (unpaired) electrons. The lowest BCUT2D eigenvalue weighted by Gasteiger charge is -2.15. The second-order valence-corrected chi connectivity index (χ2v) is 14.4. The Morgan fingerprint density at radius 2 is 0.849 bits per heavy atom. The number of aliphatic hydroxyl groups is 1. The number of unbranched alkanes of at least 4 members (excludes halogenated alkanes) is 18. The molecular formula is C49H84O4. The van der Waals surface area contributed by atoms with Crippen molar-refractivity contribution in [2.24, 2.45) is 0 Å². The third-order valence-corrected chi connectivity index (χ3v) is 9.20. The Balaban J connectivity index is 3.51. The largest absolute Gasteiger partial charge is 0.457 e. The van der Waals surface area contributed by atoms with E-state index in [-0.39, 0.29) is 19.2 Å². The number of allylic oxidation sites excluding steroid dienone is 14. The molecule has 0 fully saturated rings. The van der Waals surface area contributed by atoms with Gasteiger partial charge in [0, 0.05) is 13.0 Å². The number of ether oxygens (including phenoxy) is 2. The van der Waals surface area contributed by atoms with Gasteiger partial charge in [0.05, 0.1) is 13.2 Å². The minimum absolute atomic E-state index is 0.185. The Morgan fingerprint density at radius 3 is 1.28 bits per heavy atom. The van der Waals surface area contributed by atoms with Crippen LogP contribution in [0.2, 0.25) is 0 Å². The quantitative estimate of drug-likeness (QED) is 0.0387. The van der Waals surface area contributed by atoms with E-state index in [1.165, 1.54) is 103 Å². The molecule has 0 aliphatic rings. The summed E-state index contributed by atoms with van der Waals surface area (Å²) in [4.78, 5) is 12.2. The number of carbonyl (C=O) groups excluding carboxylic acids is 1. The summed E-state index contributed by atoms with van der Waals surface area (Å²) in [5.74, 6) is -0.222. The van der Waals surface area contributed by atoms with Crippen molar-refractivity contribution in [3.8, 4) is 0 Å². The Hall–Kier alpha value is -2.43. The van der Waals surface area contributed by atoms with Gasteiger partial charge in [-0.15, -0.1) is 0 Å². The molecule has 0 aromatic heterocycles. The van der Waals surface area contributed by atoms with Crippen LogP contribution in [0.15, 0.2) is 85.1 Å².